The average Bonchev–Trinajstić information content (AvgIpc) is 2.34. The third-order valence-corrected chi connectivity index (χ3v) is 3.82. The number of rotatable bonds is 2. The number of hydrogen-bond donors (Lipinski definition) is 0. The fraction of sp³-hybridized carbons (Fsp3) is 0.467. The SMILES string of the molecule is C=Cc1ccc(C2CCC(C)CC2)c(F)c1F. The highest BCUT2D eigenvalue weighted by Crippen LogP contribution is 2.37. The largest absolute Gasteiger partial charge is 0.203 e. The van der Waals surface area contributed by atoms with E-state index in [1.54, 1.807) is 12.1 Å². The summed E-state index contributed by atoms with van der Waals surface area (Å²) in [4.78, 5) is 0. The van der Waals surface area contributed by atoms with Crippen molar-refractivity contribution in [2.24, 2.45) is 5.92 Å². The summed E-state index contributed by atoms with van der Waals surface area (Å²) in [5.74, 6) is -0.538. The number of hydrogen-bond acceptors (Lipinski definition) is 0. The Balaban J connectivity index is 2.27. The molecule has 0 heterocycles. The maximum Gasteiger partial charge on any atom is 0.166 e. The third kappa shape index (κ3) is 2.41. The second-order valence-electron chi connectivity index (χ2n) is 5.03. The zero-order valence-corrected chi connectivity index (χ0v) is 10.2. The van der Waals surface area contributed by atoms with E-state index in [2.05, 4.69) is 13.5 Å². The topological polar surface area (TPSA) is 0 Å². The molecule has 0 radical (unpaired) electrons. The van der Waals surface area contributed by atoms with Crippen LogP contribution in [0.1, 0.15) is 49.7 Å². The normalized spacial score (nSPS) is 24.6. The molecule has 0 aliphatic heterocycles. The van der Waals surface area contributed by atoms with Crippen LogP contribution in [0.25, 0.3) is 6.08 Å². The minimum Gasteiger partial charge on any atom is -0.203 e. The van der Waals surface area contributed by atoms with Gasteiger partial charge in [-0.15, -0.1) is 0 Å². The Bertz CT molecular complexity index is 415. The van der Waals surface area contributed by atoms with Gasteiger partial charge in [-0.05, 0) is 30.2 Å². The molecule has 92 valence electrons. The van der Waals surface area contributed by atoms with Crippen molar-refractivity contribution in [1.82, 2.24) is 0 Å². The Morgan fingerprint density at radius 1 is 1.12 bits per heavy atom. The van der Waals surface area contributed by atoms with Crippen molar-refractivity contribution in [1.29, 1.82) is 0 Å². The zero-order valence-electron chi connectivity index (χ0n) is 10.2. The molecule has 0 bridgehead atoms. The standard InChI is InChI=1S/C15H18F2/c1-3-11-8-9-13(15(17)14(11)16)12-6-4-10(2)5-7-12/h3,8-10,12H,1,4-7H2,2H3. The minimum atomic E-state index is -0.754. The molecule has 1 aromatic carbocycles. The van der Waals surface area contributed by atoms with E-state index in [1.807, 2.05) is 0 Å². The lowest BCUT2D eigenvalue weighted by Crippen LogP contribution is -2.13. The van der Waals surface area contributed by atoms with Crippen LogP contribution in [-0.2, 0) is 0 Å². The number of benzene rings is 1. The Morgan fingerprint density at radius 2 is 1.76 bits per heavy atom. The van der Waals surface area contributed by atoms with Gasteiger partial charge >= 0.3 is 0 Å². The molecule has 0 aromatic heterocycles. The molecular formula is C15H18F2. The van der Waals surface area contributed by atoms with E-state index >= 15 is 0 Å². The molecule has 0 unspecified atom stereocenters. The Labute approximate surface area is 101 Å². The van der Waals surface area contributed by atoms with E-state index in [-0.39, 0.29) is 11.5 Å². The highest BCUT2D eigenvalue weighted by Gasteiger charge is 2.24. The molecule has 17 heavy (non-hydrogen) atoms. The quantitative estimate of drug-likeness (QED) is 0.685. The first-order chi connectivity index (χ1) is 8.13. The van der Waals surface area contributed by atoms with Gasteiger partial charge in [0.1, 0.15) is 0 Å². The van der Waals surface area contributed by atoms with Crippen molar-refractivity contribution in [3.8, 4) is 0 Å². The van der Waals surface area contributed by atoms with Crippen LogP contribution in [0.2, 0.25) is 0 Å². The fourth-order valence-corrected chi connectivity index (χ4v) is 2.62. The molecule has 1 aliphatic rings. The summed E-state index contributed by atoms with van der Waals surface area (Å²) in [6.45, 7) is 5.69. The van der Waals surface area contributed by atoms with Gasteiger partial charge in [0.15, 0.2) is 11.6 Å². The van der Waals surface area contributed by atoms with Crippen LogP contribution in [-0.4, -0.2) is 0 Å². The van der Waals surface area contributed by atoms with Crippen molar-refractivity contribution in [2.45, 2.75) is 38.5 Å². The van der Waals surface area contributed by atoms with Gasteiger partial charge in [0.25, 0.3) is 0 Å². The van der Waals surface area contributed by atoms with E-state index in [9.17, 15) is 8.78 Å². The van der Waals surface area contributed by atoms with Crippen LogP contribution in [0, 0.1) is 17.6 Å². The Hall–Kier alpha value is -1.18. The lowest BCUT2D eigenvalue weighted by atomic mass is 9.79. The predicted octanol–water partition coefficient (Wildman–Crippen LogP) is 4.90. The predicted molar refractivity (Wildman–Crippen MR) is 66.8 cm³/mol. The molecule has 0 saturated heterocycles. The van der Waals surface area contributed by atoms with Crippen molar-refractivity contribution in [2.75, 3.05) is 0 Å². The summed E-state index contributed by atoms with van der Waals surface area (Å²) in [5, 5.41) is 0. The van der Waals surface area contributed by atoms with Gasteiger partial charge in [-0.25, -0.2) is 8.78 Å². The van der Waals surface area contributed by atoms with Crippen LogP contribution in [0.15, 0.2) is 18.7 Å². The minimum absolute atomic E-state index is 0.180. The van der Waals surface area contributed by atoms with Gasteiger partial charge in [-0.3, -0.25) is 0 Å². The van der Waals surface area contributed by atoms with E-state index in [4.69, 9.17) is 0 Å². The molecule has 1 aromatic rings. The third-order valence-electron chi connectivity index (χ3n) is 3.82. The summed E-state index contributed by atoms with van der Waals surface area (Å²) < 4.78 is 27.6. The van der Waals surface area contributed by atoms with Crippen LogP contribution in [0.5, 0.6) is 0 Å². The summed E-state index contributed by atoms with van der Waals surface area (Å²) in [7, 11) is 0. The van der Waals surface area contributed by atoms with Gasteiger partial charge in [0, 0.05) is 5.56 Å². The maximum absolute atomic E-state index is 13.9. The fourth-order valence-electron chi connectivity index (χ4n) is 2.62. The van der Waals surface area contributed by atoms with Crippen molar-refractivity contribution in [3.05, 3.63) is 41.5 Å². The van der Waals surface area contributed by atoms with Gasteiger partial charge < -0.3 is 0 Å². The van der Waals surface area contributed by atoms with Gasteiger partial charge in [-0.2, -0.15) is 0 Å². The Morgan fingerprint density at radius 3 is 2.35 bits per heavy atom. The highest BCUT2D eigenvalue weighted by molar-refractivity contribution is 5.49. The summed E-state index contributed by atoms with van der Waals surface area (Å²) >= 11 is 0. The molecule has 1 fully saturated rings. The van der Waals surface area contributed by atoms with Crippen molar-refractivity contribution in [3.63, 3.8) is 0 Å². The molecule has 0 spiro atoms. The van der Waals surface area contributed by atoms with Crippen molar-refractivity contribution >= 4 is 6.08 Å². The first kappa shape index (κ1) is 12.3. The second kappa shape index (κ2) is 4.99. The van der Waals surface area contributed by atoms with E-state index in [1.165, 1.54) is 6.08 Å². The maximum atomic E-state index is 13.9. The smallest absolute Gasteiger partial charge is 0.166 e. The second-order valence-corrected chi connectivity index (χ2v) is 5.03. The first-order valence-corrected chi connectivity index (χ1v) is 6.23. The summed E-state index contributed by atoms with van der Waals surface area (Å²) in [5.41, 5.74) is 0.787. The van der Waals surface area contributed by atoms with Gasteiger partial charge in [0.05, 0.1) is 0 Å². The summed E-state index contributed by atoms with van der Waals surface area (Å²) in [6, 6.07) is 3.34. The van der Waals surface area contributed by atoms with Crippen LogP contribution < -0.4 is 0 Å². The molecule has 0 N–H and O–H groups in total. The average molecular weight is 236 g/mol. The van der Waals surface area contributed by atoms with Crippen molar-refractivity contribution < 1.29 is 8.78 Å². The first-order valence-electron chi connectivity index (χ1n) is 6.23. The molecule has 2 heteroatoms. The molecule has 1 saturated carbocycles. The van der Waals surface area contributed by atoms with Gasteiger partial charge in [-0.1, -0.05) is 44.6 Å². The Kier molecular flexibility index (Phi) is 3.60. The monoisotopic (exact) mass is 236 g/mol. The molecule has 0 amide bonds. The highest BCUT2D eigenvalue weighted by atomic mass is 19.2. The lowest BCUT2D eigenvalue weighted by Gasteiger charge is -2.26. The van der Waals surface area contributed by atoms with Crippen LogP contribution in [0.3, 0.4) is 0 Å². The summed E-state index contributed by atoms with van der Waals surface area (Å²) in [6.07, 6.45) is 5.49. The van der Waals surface area contributed by atoms with E-state index < -0.39 is 11.6 Å². The van der Waals surface area contributed by atoms with E-state index in [0.29, 0.717) is 11.5 Å². The van der Waals surface area contributed by atoms with Crippen LogP contribution in [0.4, 0.5) is 8.78 Å². The number of halogens is 2. The molecule has 0 atom stereocenters. The molecule has 1 aliphatic carbocycles. The molecular weight excluding hydrogens is 218 g/mol. The molecule has 2 rings (SSSR count). The zero-order chi connectivity index (χ0) is 12.4. The molecule has 0 nitrogen and oxygen atoms in total. The van der Waals surface area contributed by atoms with Gasteiger partial charge in [0.2, 0.25) is 0 Å². The van der Waals surface area contributed by atoms with Crippen LogP contribution >= 0.6 is 0 Å². The van der Waals surface area contributed by atoms with E-state index in [0.717, 1.165) is 25.7 Å². The lowest BCUT2D eigenvalue weighted by molar-refractivity contribution is 0.339.